The van der Waals surface area contributed by atoms with Crippen LogP contribution in [-0.4, -0.2) is 29.6 Å². The van der Waals surface area contributed by atoms with Gasteiger partial charge in [-0.05, 0) is 43.5 Å². The maximum absolute atomic E-state index is 11.8. The van der Waals surface area contributed by atoms with Crippen LogP contribution in [0, 0.1) is 5.92 Å². The summed E-state index contributed by atoms with van der Waals surface area (Å²) in [6.45, 7) is 0.308. The van der Waals surface area contributed by atoms with Crippen molar-refractivity contribution in [2.45, 2.75) is 31.7 Å². The number of amides is 1. The summed E-state index contributed by atoms with van der Waals surface area (Å²) in [4.78, 5) is 22.6. The first kappa shape index (κ1) is 15.8. The molecule has 1 amide bonds. The molecule has 0 aromatic heterocycles. The number of nitrogens with one attached hydrogen (secondary N) is 1. The molecule has 2 rings (SSSR count). The van der Waals surface area contributed by atoms with E-state index < -0.39 is 5.97 Å². The average Bonchev–Trinajstić information content (AvgIpc) is 2.90. The van der Waals surface area contributed by atoms with Crippen molar-refractivity contribution < 1.29 is 19.4 Å². The topological polar surface area (TPSA) is 75.6 Å². The summed E-state index contributed by atoms with van der Waals surface area (Å²) < 4.78 is 6.45. The second-order valence-electron chi connectivity index (χ2n) is 5.17. The van der Waals surface area contributed by atoms with Crippen LogP contribution in [0.25, 0.3) is 0 Å². The molecule has 0 bridgehead atoms. The Hall–Kier alpha value is -1.56. The Bertz CT molecular complexity index is 503. The fraction of sp³-hybridized carbons (Fsp3) is 0.467. The van der Waals surface area contributed by atoms with Crippen LogP contribution >= 0.6 is 15.9 Å². The van der Waals surface area contributed by atoms with Gasteiger partial charge >= 0.3 is 5.97 Å². The van der Waals surface area contributed by atoms with Crippen LogP contribution in [0.15, 0.2) is 28.7 Å². The second kappa shape index (κ2) is 7.45. The monoisotopic (exact) mass is 355 g/mol. The van der Waals surface area contributed by atoms with Crippen molar-refractivity contribution in [3.05, 3.63) is 28.7 Å². The Morgan fingerprint density at radius 3 is 2.62 bits per heavy atom. The van der Waals surface area contributed by atoms with Gasteiger partial charge in [0.2, 0.25) is 5.91 Å². The summed E-state index contributed by atoms with van der Waals surface area (Å²) >= 11 is 3.34. The van der Waals surface area contributed by atoms with Crippen molar-refractivity contribution in [1.82, 2.24) is 5.32 Å². The fourth-order valence-corrected chi connectivity index (χ4v) is 2.69. The molecule has 6 heteroatoms. The molecule has 1 fully saturated rings. The van der Waals surface area contributed by atoms with E-state index in [-0.39, 0.29) is 24.3 Å². The summed E-state index contributed by atoms with van der Waals surface area (Å²) in [5, 5.41) is 11.8. The quantitative estimate of drug-likeness (QED) is 0.822. The molecular weight excluding hydrogens is 338 g/mol. The van der Waals surface area contributed by atoms with Crippen LogP contribution in [0.4, 0.5) is 0 Å². The molecule has 1 aliphatic carbocycles. The predicted octanol–water partition coefficient (Wildman–Crippen LogP) is 2.59. The number of carboxylic acids is 1. The minimum absolute atomic E-state index is 0.0220. The second-order valence-corrected chi connectivity index (χ2v) is 6.08. The molecule has 0 radical (unpaired) electrons. The Morgan fingerprint density at radius 1 is 1.29 bits per heavy atom. The van der Waals surface area contributed by atoms with E-state index in [1.165, 1.54) is 0 Å². The van der Waals surface area contributed by atoms with E-state index in [0.717, 1.165) is 16.6 Å². The van der Waals surface area contributed by atoms with Crippen LogP contribution < -0.4 is 10.1 Å². The highest BCUT2D eigenvalue weighted by Gasteiger charge is 2.30. The van der Waals surface area contributed by atoms with Gasteiger partial charge < -0.3 is 15.2 Å². The molecule has 0 heterocycles. The molecule has 2 atom stereocenters. The van der Waals surface area contributed by atoms with E-state index in [0.29, 0.717) is 19.4 Å². The highest BCUT2D eigenvalue weighted by atomic mass is 79.9. The van der Waals surface area contributed by atoms with Crippen LogP contribution in [0.3, 0.4) is 0 Å². The number of hydrogen-bond donors (Lipinski definition) is 2. The highest BCUT2D eigenvalue weighted by Crippen LogP contribution is 2.25. The zero-order valence-corrected chi connectivity index (χ0v) is 13.1. The van der Waals surface area contributed by atoms with E-state index in [2.05, 4.69) is 21.2 Å². The van der Waals surface area contributed by atoms with E-state index in [9.17, 15) is 9.59 Å². The van der Waals surface area contributed by atoms with Crippen molar-refractivity contribution in [2.75, 3.05) is 6.61 Å². The predicted molar refractivity (Wildman–Crippen MR) is 81.2 cm³/mol. The largest absolute Gasteiger partial charge is 0.493 e. The number of carbonyl (C=O) groups is 2. The molecule has 0 aliphatic heterocycles. The van der Waals surface area contributed by atoms with E-state index in [1.807, 2.05) is 24.3 Å². The Kier molecular flexibility index (Phi) is 5.61. The maximum atomic E-state index is 11.8. The van der Waals surface area contributed by atoms with Gasteiger partial charge in [-0.3, -0.25) is 9.59 Å². The van der Waals surface area contributed by atoms with Crippen LogP contribution in [0.2, 0.25) is 0 Å². The van der Waals surface area contributed by atoms with Crippen molar-refractivity contribution >= 4 is 27.8 Å². The number of benzene rings is 1. The summed E-state index contributed by atoms with van der Waals surface area (Å²) in [7, 11) is 0. The van der Waals surface area contributed by atoms with Gasteiger partial charge in [0.1, 0.15) is 5.75 Å². The summed E-state index contributed by atoms with van der Waals surface area (Å²) in [5.41, 5.74) is 0. The van der Waals surface area contributed by atoms with E-state index >= 15 is 0 Å². The number of carboxylic acid groups (broad SMARTS) is 1. The van der Waals surface area contributed by atoms with Gasteiger partial charge in [0.25, 0.3) is 0 Å². The maximum Gasteiger partial charge on any atom is 0.306 e. The number of hydrogen-bond acceptors (Lipinski definition) is 3. The van der Waals surface area contributed by atoms with Gasteiger partial charge in [-0.25, -0.2) is 0 Å². The Morgan fingerprint density at radius 2 is 2.00 bits per heavy atom. The van der Waals surface area contributed by atoms with E-state index in [1.54, 1.807) is 0 Å². The molecule has 0 unspecified atom stereocenters. The van der Waals surface area contributed by atoms with Gasteiger partial charge in [-0.1, -0.05) is 15.9 Å². The molecule has 0 spiro atoms. The third-order valence-electron chi connectivity index (χ3n) is 3.56. The van der Waals surface area contributed by atoms with E-state index in [4.69, 9.17) is 9.84 Å². The Labute approximate surface area is 131 Å². The summed E-state index contributed by atoms with van der Waals surface area (Å²) in [6.07, 6.45) is 2.16. The Balaban J connectivity index is 1.66. The molecule has 1 aromatic rings. The molecule has 0 saturated heterocycles. The molecule has 114 valence electrons. The first-order valence-electron chi connectivity index (χ1n) is 6.95. The number of halogens is 1. The number of ether oxygens (including phenoxy) is 1. The third-order valence-corrected chi connectivity index (χ3v) is 4.09. The summed E-state index contributed by atoms with van der Waals surface area (Å²) in [5.74, 6) is -0.472. The average molecular weight is 356 g/mol. The van der Waals surface area contributed by atoms with Gasteiger partial charge in [-0.15, -0.1) is 0 Å². The molecule has 1 saturated carbocycles. The van der Waals surface area contributed by atoms with Gasteiger partial charge in [0.05, 0.1) is 18.9 Å². The van der Waals surface area contributed by atoms with Gasteiger partial charge in [0, 0.05) is 10.5 Å². The standard InChI is InChI=1S/C15H18BrNO4/c16-11-2-5-13(6-3-11)21-8-7-14(18)17-12-4-1-10(9-12)15(19)20/h2-3,5-6,10,12H,1,4,7-9H2,(H,17,18)(H,19,20)/t10-,12+/m1/s1. The molecule has 1 aliphatic rings. The smallest absolute Gasteiger partial charge is 0.306 e. The minimum Gasteiger partial charge on any atom is -0.493 e. The lowest BCUT2D eigenvalue weighted by Gasteiger charge is -2.12. The number of aliphatic carboxylic acids is 1. The van der Waals surface area contributed by atoms with Crippen LogP contribution in [0.1, 0.15) is 25.7 Å². The molecule has 2 N–H and O–H groups in total. The summed E-state index contributed by atoms with van der Waals surface area (Å²) in [6, 6.07) is 7.39. The fourth-order valence-electron chi connectivity index (χ4n) is 2.43. The zero-order chi connectivity index (χ0) is 15.2. The first-order valence-corrected chi connectivity index (χ1v) is 7.74. The lowest BCUT2D eigenvalue weighted by atomic mass is 10.1. The zero-order valence-electron chi connectivity index (χ0n) is 11.5. The highest BCUT2D eigenvalue weighted by molar-refractivity contribution is 9.10. The van der Waals surface area contributed by atoms with Gasteiger partial charge in [0.15, 0.2) is 0 Å². The molecule has 1 aromatic carbocycles. The number of rotatable bonds is 6. The van der Waals surface area contributed by atoms with Crippen LogP contribution in [-0.2, 0) is 9.59 Å². The van der Waals surface area contributed by atoms with Gasteiger partial charge in [-0.2, -0.15) is 0 Å². The lowest BCUT2D eigenvalue weighted by Crippen LogP contribution is -2.34. The lowest BCUT2D eigenvalue weighted by molar-refractivity contribution is -0.141. The van der Waals surface area contributed by atoms with Crippen molar-refractivity contribution in [3.63, 3.8) is 0 Å². The normalized spacial score (nSPS) is 21.0. The molecule has 5 nitrogen and oxygen atoms in total. The van der Waals surface area contributed by atoms with Crippen LogP contribution in [0.5, 0.6) is 5.75 Å². The van der Waals surface area contributed by atoms with Crippen molar-refractivity contribution in [3.8, 4) is 5.75 Å². The minimum atomic E-state index is -0.773. The molecular formula is C15H18BrNO4. The third kappa shape index (κ3) is 5.04. The first-order chi connectivity index (χ1) is 10.0. The number of carbonyl (C=O) groups excluding carboxylic acids is 1. The molecule has 21 heavy (non-hydrogen) atoms. The van der Waals surface area contributed by atoms with Crippen molar-refractivity contribution in [2.24, 2.45) is 5.92 Å². The van der Waals surface area contributed by atoms with Crippen molar-refractivity contribution in [1.29, 1.82) is 0 Å². The SMILES string of the molecule is O=C(CCOc1ccc(Br)cc1)N[C@H]1CC[C@@H](C(=O)O)C1.